The lowest BCUT2D eigenvalue weighted by Gasteiger charge is -2.31. The minimum Gasteiger partial charge on any atom is -0.350 e. The number of rotatable bonds is 7. The first-order valence-electron chi connectivity index (χ1n) is 8.40. The number of nitrogens with one attached hydrogen (secondary N) is 1. The summed E-state index contributed by atoms with van der Waals surface area (Å²) in [6.45, 7) is 8.54. The van der Waals surface area contributed by atoms with Gasteiger partial charge in [0, 0.05) is 17.1 Å². The van der Waals surface area contributed by atoms with E-state index in [9.17, 15) is 4.79 Å². The Hall–Kier alpha value is -1.84. The predicted molar refractivity (Wildman–Crippen MR) is 101 cm³/mol. The molecular weight excluding hydrogens is 320 g/mol. The molecule has 2 aromatic rings. The first kappa shape index (κ1) is 18.5. The molecule has 24 heavy (non-hydrogen) atoms. The van der Waals surface area contributed by atoms with Crippen LogP contribution in [0.25, 0.3) is 0 Å². The molecule has 0 aliphatic carbocycles. The van der Waals surface area contributed by atoms with E-state index in [0.29, 0.717) is 12.1 Å². The van der Waals surface area contributed by atoms with Crippen LogP contribution in [0.1, 0.15) is 41.4 Å². The maximum Gasteiger partial charge on any atom is 0.251 e. The standard InChI is InChI=1S/C20H25ClN2O/c1-4-23(5-2)19(17-11-6-7-12-18(17)21)14-22-20(24)16-10-8-9-15(3)13-16/h6-13,19H,4-5,14H2,1-3H3,(H,22,24)/t19-/m1/s1. The van der Waals surface area contributed by atoms with Crippen molar-refractivity contribution in [2.24, 2.45) is 0 Å². The van der Waals surface area contributed by atoms with Crippen molar-refractivity contribution in [3.63, 3.8) is 0 Å². The average Bonchev–Trinajstić information content (AvgIpc) is 2.59. The van der Waals surface area contributed by atoms with E-state index in [4.69, 9.17) is 11.6 Å². The normalized spacial score (nSPS) is 12.2. The third-order valence-corrected chi connectivity index (χ3v) is 4.60. The van der Waals surface area contributed by atoms with E-state index in [0.717, 1.165) is 29.2 Å². The first-order chi connectivity index (χ1) is 11.6. The van der Waals surface area contributed by atoms with E-state index in [1.165, 1.54) is 0 Å². The summed E-state index contributed by atoms with van der Waals surface area (Å²) in [5.41, 5.74) is 2.81. The SMILES string of the molecule is CCN(CC)[C@H](CNC(=O)c1cccc(C)c1)c1ccccc1Cl. The highest BCUT2D eigenvalue weighted by molar-refractivity contribution is 6.31. The van der Waals surface area contributed by atoms with Crippen LogP contribution in [-0.2, 0) is 0 Å². The summed E-state index contributed by atoms with van der Waals surface area (Å²) in [6, 6.07) is 15.5. The Bertz CT molecular complexity index is 683. The second-order valence-corrected chi connectivity index (χ2v) is 6.25. The number of carbonyl (C=O) groups excluding carboxylic acids is 1. The molecule has 0 spiro atoms. The molecule has 0 unspecified atom stereocenters. The van der Waals surface area contributed by atoms with Gasteiger partial charge in [0.2, 0.25) is 0 Å². The Morgan fingerprint density at radius 1 is 1.12 bits per heavy atom. The number of benzene rings is 2. The van der Waals surface area contributed by atoms with Gasteiger partial charge in [-0.2, -0.15) is 0 Å². The zero-order chi connectivity index (χ0) is 17.5. The number of carbonyl (C=O) groups is 1. The molecule has 0 saturated heterocycles. The zero-order valence-corrected chi connectivity index (χ0v) is 15.3. The monoisotopic (exact) mass is 344 g/mol. The van der Waals surface area contributed by atoms with E-state index in [1.807, 2.05) is 55.5 Å². The van der Waals surface area contributed by atoms with Gasteiger partial charge in [0.05, 0.1) is 6.04 Å². The summed E-state index contributed by atoms with van der Waals surface area (Å²) in [7, 11) is 0. The maximum atomic E-state index is 12.5. The third kappa shape index (κ3) is 4.59. The number of aryl methyl sites for hydroxylation is 1. The fourth-order valence-corrected chi connectivity index (χ4v) is 3.18. The lowest BCUT2D eigenvalue weighted by Crippen LogP contribution is -2.38. The number of hydrogen-bond donors (Lipinski definition) is 1. The molecule has 0 fully saturated rings. The largest absolute Gasteiger partial charge is 0.350 e. The molecule has 0 aliphatic heterocycles. The van der Waals surface area contributed by atoms with Crippen LogP contribution in [0.2, 0.25) is 5.02 Å². The van der Waals surface area contributed by atoms with E-state index in [1.54, 1.807) is 0 Å². The van der Waals surface area contributed by atoms with Crippen molar-refractivity contribution in [1.29, 1.82) is 0 Å². The van der Waals surface area contributed by atoms with E-state index < -0.39 is 0 Å². The first-order valence-corrected chi connectivity index (χ1v) is 8.78. The van der Waals surface area contributed by atoms with Crippen LogP contribution in [0, 0.1) is 6.92 Å². The number of amides is 1. The summed E-state index contributed by atoms with van der Waals surface area (Å²) >= 11 is 6.39. The minimum absolute atomic E-state index is 0.0529. The van der Waals surface area contributed by atoms with Gasteiger partial charge < -0.3 is 5.32 Å². The zero-order valence-electron chi connectivity index (χ0n) is 14.6. The van der Waals surface area contributed by atoms with Crippen LogP contribution < -0.4 is 5.32 Å². The van der Waals surface area contributed by atoms with Crippen molar-refractivity contribution in [3.05, 3.63) is 70.2 Å². The van der Waals surface area contributed by atoms with Crippen molar-refractivity contribution < 1.29 is 4.79 Å². The molecule has 0 saturated carbocycles. The van der Waals surface area contributed by atoms with Crippen LogP contribution in [0.15, 0.2) is 48.5 Å². The van der Waals surface area contributed by atoms with Gasteiger partial charge >= 0.3 is 0 Å². The van der Waals surface area contributed by atoms with Crippen LogP contribution in [-0.4, -0.2) is 30.4 Å². The second-order valence-electron chi connectivity index (χ2n) is 5.84. The quantitative estimate of drug-likeness (QED) is 0.804. The number of hydrogen-bond acceptors (Lipinski definition) is 2. The van der Waals surface area contributed by atoms with E-state index in [-0.39, 0.29) is 11.9 Å². The molecule has 1 atom stereocenters. The van der Waals surface area contributed by atoms with Gasteiger partial charge in [-0.3, -0.25) is 9.69 Å². The van der Waals surface area contributed by atoms with Crippen molar-refractivity contribution in [2.75, 3.05) is 19.6 Å². The number of likely N-dealkylation sites (N-methyl/N-ethyl adjacent to an activating group) is 1. The molecule has 1 amide bonds. The van der Waals surface area contributed by atoms with Gasteiger partial charge in [0.15, 0.2) is 0 Å². The molecule has 2 rings (SSSR count). The lowest BCUT2D eigenvalue weighted by atomic mass is 10.0. The lowest BCUT2D eigenvalue weighted by molar-refractivity contribution is 0.0935. The predicted octanol–water partition coefficient (Wildman–Crippen LogP) is 4.46. The van der Waals surface area contributed by atoms with Gasteiger partial charge in [-0.25, -0.2) is 0 Å². The Morgan fingerprint density at radius 3 is 2.46 bits per heavy atom. The molecule has 3 nitrogen and oxygen atoms in total. The van der Waals surface area contributed by atoms with Crippen LogP contribution in [0.4, 0.5) is 0 Å². The second kappa shape index (κ2) is 8.86. The Morgan fingerprint density at radius 2 is 1.83 bits per heavy atom. The molecule has 1 N–H and O–H groups in total. The minimum atomic E-state index is -0.0529. The van der Waals surface area contributed by atoms with Crippen LogP contribution >= 0.6 is 11.6 Å². The van der Waals surface area contributed by atoms with Crippen molar-refractivity contribution in [1.82, 2.24) is 10.2 Å². The van der Waals surface area contributed by atoms with Gasteiger partial charge in [-0.05, 0) is 43.8 Å². The summed E-state index contributed by atoms with van der Waals surface area (Å²) in [5.74, 6) is -0.0529. The van der Waals surface area contributed by atoms with Gasteiger partial charge in [-0.1, -0.05) is 61.3 Å². The highest BCUT2D eigenvalue weighted by Gasteiger charge is 2.21. The Kier molecular flexibility index (Phi) is 6.83. The summed E-state index contributed by atoms with van der Waals surface area (Å²) in [4.78, 5) is 14.8. The summed E-state index contributed by atoms with van der Waals surface area (Å²) < 4.78 is 0. The van der Waals surface area contributed by atoms with Crippen LogP contribution in [0.3, 0.4) is 0 Å². The number of halogens is 1. The molecular formula is C20H25ClN2O. The molecule has 2 aromatic carbocycles. The maximum absolute atomic E-state index is 12.5. The molecule has 0 bridgehead atoms. The summed E-state index contributed by atoms with van der Waals surface area (Å²) in [5, 5.41) is 3.80. The van der Waals surface area contributed by atoms with Crippen molar-refractivity contribution >= 4 is 17.5 Å². The highest BCUT2D eigenvalue weighted by atomic mass is 35.5. The number of nitrogens with zero attached hydrogens (tertiary/aromatic N) is 1. The summed E-state index contributed by atoms with van der Waals surface area (Å²) in [6.07, 6.45) is 0. The third-order valence-electron chi connectivity index (χ3n) is 4.25. The molecule has 0 heterocycles. The van der Waals surface area contributed by atoms with E-state index >= 15 is 0 Å². The molecule has 128 valence electrons. The van der Waals surface area contributed by atoms with Crippen molar-refractivity contribution in [3.8, 4) is 0 Å². The molecule has 0 aliphatic rings. The molecule has 0 radical (unpaired) electrons. The van der Waals surface area contributed by atoms with Gasteiger partial charge in [0.1, 0.15) is 0 Å². The van der Waals surface area contributed by atoms with Crippen molar-refractivity contribution in [2.45, 2.75) is 26.8 Å². The molecule has 4 heteroatoms. The Labute approximate surface area is 149 Å². The van der Waals surface area contributed by atoms with Gasteiger partial charge in [-0.15, -0.1) is 0 Å². The fraction of sp³-hybridized carbons (Fsp3) is 0.350. The highest BCUT2D eigenvalue weighted by Crippen LogP contribution is 2.27. The Balaban J connectivity index is 2.17. The fourth-order valence-electron chi connectivity index (χ4n) is 2.92. The molecule has 0 aromatic heterocycles. The van der Waals surface area contributed by atoms with Gasteiger partial charge in [0.25, 0.3) is 5.91 Å². The smallest absolute Gasteiger partial charge is 0.251 e. The topological polar surface area (TPSA) is 32.3 Å². The van der Waals surface area contributed by atoms with E-state index in [2.05, 4.69) is 24.1 Å². The van der Waals surface area contributed by atoms with Crippen LogP contribution in [0.5, 0.6) is 0 Å². The average molecular weight is 345 g/mol.